The van der Waals surface area contributed by atoms with Gasteiger partial charge in [0.15, 0.2) is 5.13 Å². The van der Waals surface area contributed by atoms with Crippen LogP contribution in [0.25, 0.3) is 0 Å². The minimum Gasteiger partial charge on any atom is -0.497 e. The van der Waals surface area contributed by atoms with Crippen LogP contribution in [0.5, 0.6) is 11.5 Å². The molecular formula is C13H15ClN2O2S. The Morgan fingerprint density at radius 3 is 2.79 bits per heavy atom. The van der Waals surface area contributed by atoms with Gasteiger partial charge in [0.1, 0.15) is 11.5 Å². The molecule has 6 heteroatoms. The average molecular weight is 299 g/mol. The first kappa shape index (κ1) is 14.0. The van der Waals surface area contributed by atoms with Crippen molar-refractivity contribution in [3.8, 4) is 11.5 Å². The molecule has 0 saturated carbocycles. The van der Waals surface area contributed by atoms with E-state index in [1.165, 1.54) is 0 Å². The lowest BCUT2D eigenvalue weighted by molar-refractivity contribution is 0.391. The normalized spacial score (nSPS) is 10.3. The molecule has 19 heavy (non-hydrogen) atoms. The average Bonchev–Trinajstić information content (AvgIpc) is 2.92. The summed E-state index contributed by atoms with van der Waals surface area (Å²) in [5.41, 5.74) is 1.93. The highest BCUT2D eigenvalue weighted by Crippen LogP contribution is 2.26. The third-order valence-electron chi connectivity index (χ3n) is 2.61. The number of hydrogen-bond donors (Lipinski definition) is 1. The van der Waals surface area contributed by atoms with Crippen LogP contribution in [0.3, 0.4) is 0 Å². The predicted octanol–water partition coefficient (Wildman–Crippen LogP) is 3.51. The van der Waals surface area contributed by atoms with Crippen molar-refractivity contribution >= 4 is 28.1 Å². The van der Waals surface area contributed by atoms with E-state index in [9.17, 15) is 0 Å². The summed E-state index contributed by atoms with van der Waals surface area (Å²) < 4.78 is 10.5. The summed E-state index contributed by atoms with van der Waals surface area (Å²) >= 11 is 7.26. The second kappa shape index (κ2) is 6.63. The van der Waals surface area contributed by atoms with Gasteiger partial charge in [-0.3, -0.25) is 0 Å². The van der Waals surface area contributed by atoms with Crippen molar-refractivity contribution in [2.45, 2.75) is 12.4 Å². The number of benzene rings is 1. The molecule has 0 saturated heterocycles. The third-order valence-corrected chi connectivity index (χ3v) is 3.74. The van der Waals surface area contributed by atoms with Crippen LogP contribution in [0.2, 0.25) is 0 Å². The molecule has 1 aromatic carbocycles. The molecule has 0 aliphatic heterocycles. The van der Waals surface area contributed by atoms with Crippen LogP contribution < -0.4 is 14.8 Å². The molecule has 0 unspecified atom stereocenters. The van der Waals surface area contributed by atoms with E-state index in [1.54, 1.807) is 25.6 Å². The second-order valence-electron chi connectivity index (χ2n) is 3.81. The SMILES string of the molecule is COc1ccc(CNc2nc(CCl)cs2)c(OC)c1. The Bertz CT molecular complexity index is 545. The summed E-state index contributed by atoms with van der Waals surface area (Å²) in [4.78, 5) is 4.34. The first-order valence-electron chi connectivity index (χ1n) is 5.72. The maximum Gasteiger partial charge on any atom is 0.183 e. The Labute approximate surface area is 121 Å². The van der Waals surface area contributed by atoms with Crippen LogP contribution in [0.1, 0.15) is 11.3 Å². The molecule has 0 aliphatic carbocycles. The van der Waals surface area contributed by atoms with Crippen molar-refractivity contribution in [1.82, 2.24) is 4.98 Å². The van der Waals surface area contributed by atoms with Crippen molar-refractivity contribution in [2.24, 2.45) is 0 Å². The second-order valence-corrected chi connectivity index (χ2v) is 4.93. The van der Waals surface area contributed by atoms with Gasteiger partial charge in [-0.15, -0.1) is 22.9 Å². The van der Waals surface area contributed by atoms with Gasteiger partial charge in [-0.25, -0.2) is 4.98 Å². The Balaban J connectivity index is 2.06. The molecule has 0 fully saturated rings. The number of hydrogen-bond acceptors (Lipinski definition) is 5. The van der Waals surface area contributed by atoms with Crippen LogP contribution in [-0.4, -0.2) is 19.2 Å². The Morgan fingerprint density at radius 1 is 1.32 bits per heavy atom. The maximum absolute atomic E-state index is 5.72. The topological polar surface area (TPSA) is 43.4 Å². The summed E-state index contributed by atoms with van der Waals surface area (Å²) in [6.45, 7) is 0.641. The monoisotopic (exact) mass is 298 g/mol. The van der Waals surface area contributed by atoms with Gasteiger partial charge < -0.3 is 14.8 Å². The molecule has 0 spiro atoms. The third kappa shape index (κ3) is 3.52. The van der Waals surface area contributed by atoms with Crippen molar-refractivity contribution < 1.29 is 9.47 Å². The lowest BCUT2D eigenvalue weighted by Gasteiger charge is -2.10. The first-order chi connectivity index (χ1) is 9.26. The van der Waals surface area contributed by atoms with Crippen molar-refractivity contribution in [1.29, 1.82) is 0 Å². The molecule has 0 amide bonds. The Kier molecular flexibility index (Phi) is 4.87. The van der Waals surface area contributed by atoms with E-state index < -0.39 is 0 Å². The highest BCUT2D eigenvalue weighted by Gasteiger charge is 2.06. The number of halogens is 1. The van der Waals surface area contributed by atoms with E-state index in [0.717, 1.165) is 27.9 Å². The highest BCUT2D eigenvalue weighted by molar-refractivity contribution is 7.13. The van der Waals surface area contributed by atoms with Crippen molar-refractivity contribution in [3.63, 3.8) is 0 Å². The van der Waals surface area contributed by atoms with Gasteiger partial charge in [-0.1, -0.05) is 0 Å². The summed E-state index contributed by atoms with van der Waals surface area (Å²) in [6, 6.07) is 5.75. The predicted molar refractivity (Wildman–Crippen MR) is 78.5 cm³/mol. The number of methoxy groups -OCH3 is 2. The van der Waals surface area contributed by atoms with Gasteiger partial charge in [0.2, 0.25) is 0 Å². The van der Waals surface area contributed by atoms with Crippen LogP contribution >= 0.6 is 22.9 Å². The summed E-state index contributed by atoms with van der Waals surface area (Å²) in [5, 5.41) is 6.06. The molecule has 102 valence electrons. The quantitative estimate of drug-likeness (QED) is 0.829. The number of alkyl halides is 1. The molecular weight excluding hydrogens is 284 g/mol. The van der Waals surface area contributed by atoms with E-state index in [-0.39, 0.29) is 0 Å². The van der Waals surface area contributed by atoms with Crippen LogP contribution in [0.4, 0.5) is 5.13 Å². The smallest absolute Gasteiger partial charge is 0.183 e. The minimum absolute atomic E-state index is 0.435. The zero-order chi connectivity index (χ0) is 13.7. The van der Waals surface area contributed by atoms with Gasteiger partial charge in [0.05, 0.1) is 25.8 Å². The molecule has 0 bridgehead atoms. The molecule has 2 rings (SSSR count). The lowest BCUT2D eigenvalue weighted by Crippen LogP contribution is -2.02. The van der Waals surface area contributed by atoms with Crippen molar-refractivity contribution in [3.05, 3.63) is 34.8 Å². The largest absolute Gasteiger partial charge is 0.497 e. The Hall–Kier alpha value is -1.46. The molecule has 2 aromatic rings. The first-order valence-corrected chi connectivity index (χ1v) is 7.13. The zero-order valence-electron chi connectivity index (χ0n) is 10.8. The number of thiazole rings is 1. The van der Waals surface area contributed by atoms with Gasteiger partial charge in [0, 0.05) is 23.6 Å². The van der Waals surface area contributed by atoms with Crippen LogP contribution in [-0.2, 0) is 12.4 Å². The molecule has 0 aliphatic rings. The van der Waals surface area contributed by atoms with Gasteiger partial charge in [-0.2, -0.15) is 0 Å². The van der Waals surface area contributed by atoms with Crippen molar-refractivity contribution in [2.75, 3.05) is 19.5 Å². The Morgan fingerprint density at radius 2 is 2.16 bits per heavy atom. The molecule has 0 atom stereocenters. The van der Waals surface area contributed by atoms with Crippen LogP contribution in [0.15, 0.2) is 23.6 Å². The molecule has 4 nitrogen and oxygen atoms in total. The number of anilines is 1. The fourth-order valence-corrected chi connectivity index (χ4v) is 2.56. The summed E-state index contributed by atoms with van der Waals surface area (Å²) in [6.07, 6.45) is 0. The number of ether oxygens (including phenoxy) is 2. The van der Waals surface area contributed by atoms with E-state index in [0.29, 0.717) is 12.4 Å². The van der Waals surface area contributed by atoms with E-state index >= 15 is 0 Å². The van der Waals surface area contributed by atoms with E-state index in [4.69, 9.17) is 21.1 Å². The van der Waals surface area contributed by atoms with Crippen LogP contribution in [0, 0.1) is 0 Å². The molecule has 1 N–H and O–H groups in total. The number of aromatic nitrogens is 1. The fourth-order valence-electron chi connectivity index (χ4n) is 1.62. The fraction of sp³-hybridized carbons (Fsp3) is 0.308. The maximum atomic E-state index is 5.72. The number of nitrogens with one attached hydrogen (secondary N) is 1. The zero-order valence-corrected chi connectivity index (χ0v) is 12.3. The number of nitrogens with zero attached hydrogens (tertiary/aromatic N) is 1. The van der Waals surface area contributed by atoms with E-state index in [2.05, 4.69) is 10.3 Å². The van der Waals surface area contributed by atoms with Gasteiger partial charge >= 0.3 is 0 Å². The molecule has 1 aromatic heterocycles. The summed E-state index contributed by atoms with van der Waals surface area (Å²) in [5.74, 6) is 2.00. The minimum atomic E-state index is 0.435. The lowest BCUT2D eigenvalue weighted by atomic mass is 10.2. The van der Waals surface area contributed by atoms with Gasteiger partial charge in [0.25, 0.3) is 0 Å². The standard InChI is InChI=1S/C13H15ClN2O2S/c1-17-11-4-3-9(12(5-11)18-2)7-15-13-16-10(6-14)8-19-13/h3-5,8H,6-7H2,1-2H3,(H,15,16). The summed E-state index contributed by atoms with van der Waals surface area (Å²) in [7, 11) is 3.28. The number of rotatable bonds is 6. The highest BCUT2D eigenvalue weighted by atomic mass is 35.5. The van der Waals surface area contributed by atoms with E-state index in [1.807, 2.05) is 23.6 Å². The molecule has 1 heterocycles. The molecule has 0 radical (unpaired) electrons. The van der Waals surface area contributed by atoms with Gasteiger partial charge in [-0.05, 0) is 12.1 Å².